The molecule has 0 aliphatic heterocycles. The predicted molar refractivity (Wildman–Crippen MR) is 86.4 cm³/mol. The number of hydrogen-bond acceptors (Lipinski definition) is 5. The van der Waals surface area contributed by atoms with Crippen LogP contribution in [0.15, 0.2) is 52.3 Å². The Balaban J connectivity index is 2.38. The fourth-order valence-electron chi connectivity index (χ4n) is 1.90. The molecule has 7 nitrogen and oxygen atoms in total. The summed E-state index contributed by atoms with van der Waals surface area (Å²) < 4.78 is 54.8. The molecule has 2 aromatic carbocycles. The number of methoxy groups -OCH3 is 1. The third kappa shape index (κ3) is 4.01. The first-order valence-corrected chi connectivity index (χ1v) is 9.47. The maximum atomic E-state index is 12.3. The summed E-state index contributed by atoms with van der Waals surface area (Å²) in [6.45, 7) is 1.85. The van der Waals surface area contributed by atoms with E-state index in [-0.39, 0.29) is 21.2 Å². The summed E-state index contributed by atoms with van der Waals surface area (Å²) in [5.41, 5.74) is 1.10. The van der Waals surface area contributed by atoms with Crippen molar-refractivity contribution >= 4 is 25.7 Å². The molecule has 2 rings (SSSR count). The number of aryl methyl sites for hydroxylation is 1. The number of anilines is 1. The van der Waals surface area contributed by atoms with Crippen LogP contribution in [-0.4, -0.2) is 23.9 Å². The Kier molecular flexibility index (Phi) is 4.64. The topological polar surface area (TPSA) is 116 Å². The second kappa shape index (κ2) is 6.19. The van der Waals surface area contributed by atoms with E-state index in [1.54, 1.807) is 12.1 Å². The van der Waals surface area contributed by atoms with Gasteiger partial charge in [0.25, 0.3) is 10.0 Å². The first-order chi connectivity index (χ1) is 10.6. The van der Waals surface area contributed by atoms with Crippen LogP contribution >= 0.6 is 0 Å². The SMILES string of the molecule is COc1cc(NS(=O)(=O)c2ccc(C)cc2)ccc1S(N)(=O)=O. The summed E-state index contributed by atoms with van der Waals surface area (Å²) >= 11 is 0. The van der Waals surface area contributed by atoms with Crippen LogP contribution in [0.3, 0.4) is 0 Å². The molecule has 0 fully saturated rings. The minimum atomic E-state index is -3.97. The van der Waals surface area contributed by atoms with Crippen LogP contribution < -0.4 is 14.6 Å². The molecule has 0 aromatic heterocycles. The Bertz CT molecular complexity index is 920. The van der Waals surface area contributed by atoms with Crippen molar-refractivity contribution in [3.05, 3.63) is 48.0 Å². The van der Waals surface area contributed by atoms with Gasteiger partial charge in [-0.3, -0.25) is 4.72 Å². The average molecular weight is 356 g/mol. The van der Waals surface area contributed by atoms with Gasteiger partial charge in [0.2, 0.25) is 10.0 Å². The average Bonchev–Trinajstić information content (AvgIpc) is 2.46. The van der Waals surface area contributed by atoms with Crippen LogP contribution in [0, 0.1) is 6.92 Å². The van der Waals surface area contributed by atoms with Crippen molar-refractivity contribution in [1.29, 1.82) is 0 Å². The van der Waals surface area contributed by atoms with Crippen LogP contribution in [0.5, 0.6) is 5.75 Å². The van der Waals surface area contributed by atoms with Gasteiger partial charge in [0.1, 0.15) is 10.6 Å². The van der Waals surface area contributed by atoms with Gasteiger partial charge in [0.05, 0.1) is 17.7 Å². The van der Waals surface area contributed by atoms with Gasteiger partial charge in [-0.15, -0.1) is 0 Å². The van der Waals surface area contributed by atoms with Crippen LogP contribution in [0.4, 0.5) is 5.69 Å². The van der Waals surface area contributed by atoms with E-state index in [9.17, 15) is 16.8 Å². The number of sulfonamides is 2. The van der Waals surface area contributed by atoms with Crippen LogP contribution in [0.1, 0.15) is 5.56 Å². The summed E-state index contributed by atoms with van der Waals surface area (Å²) in [6, 6.07) is 10.1. The van der Waals surface area contributed by atoms with Gasteiger partial charge >= 0.3 is 0 Å². The van der Waals surface area contributed by atoms with Crippen molar-refractivity contribution in [2.45, 2.75) is 16.7 Å². The lowest BCUT2D eigenvalue weighted by atomic mass is 10.2. The molecule has 0 amide bonds. The molecule has 0 aliphatic rings. The number of primary sulfonamides is 1. The quantitative estimate of drug-likeness (QED) is 0.841. The Labute approximate surface area is 135 Å². The normalized spacial score (nSPS) is 12.0. The van der Waals surface area contributed by atoms with Crippen molar-refractivity contribution in [2.75, 3.05) is 11.8 Å². The fraction of sp³-hybridized carbons (Fsp3) is 0.143. The highest BCUT2D eigenvalue weighted by atomic mass is 32.2. The Morgan fingerprint density at radius 1 is 1.00 bits per heavy atom. The number of nitrogens with one attached hydrogen (secondary N) is 1. The van der Waals surface area contributed by atoms with E-state index in [1.165, 1.54) is 37.4 Å². The van der Waals surface area contributed by atoms with E-state index < -0.39 is 20.0 Å². The molecule has 0 aliphatic carbocycles. The van der Waals surface area contributed by atoms with E-state index in [0.29, 0.717) is 0 Å². The van der Waals surface area contributed by atoms with E-state index >= 15 is 0 Å². The van der Waals surface area contributed by atoms with Gasteiger partial charge < -0.3 is 4.74 Å². The lowest BCUT2D eigenvalue weighted by molar-refractivity contribution is 0.403. The largest absolute Gasteiger partial charge is 0.495 e. The minimum Gasteiger partial charge on any atom is -0.495 e. The van der Waals surface area contributed by atoms with E-state index in [0.717, 1.165) is 5.56 Å². The Morgan fingerprint density at radius 2 is 1.61 bits per heavy atom. The summed E-state index contributed by atoms with van der Waals surface area (Å²) in [4.78, 5) is -0.129. The Morgan fingerprint density at radius 3 is 2.13 bits per heavy atom. The number of rotatable bonds is 5. The van der Waals surface area contributed by atoms with Crippen molar-refractivity contribution in [3.8, 4) is 5.75 Å². The van der Waals surface area contributed by atoms with Gasteiger partial charge in [-0.25, -0.2) is 22.0 Å². The fourth-order valence-corrected chi connectivity index (χ4v) is 3.63. The molecule has 0 spiro atoms. The van der Waals surface area contributed by atoms with E-state index in [1.807, 2.05) is 6.92 Å². The van der Waals surface area contributed by atoms with Gasteiger partial charge in [0.15, 0.2) is 0 Å². The second-order valence-electron chi connectivity index (χ2n) is 4.83. The lowest BCUT2D eigenvalue weighted by Crippen LogP contribution is -2.15. The number of ether oxygens (including phenoxy) is 1. The maximum absolute atomic E-state index is 12.3. The summed E-state index contributed by atoms with van der Waals surface area (Å²) in [5, 5.41) is 5.07. The maximum Gasteiger partial charge on any atom is 0.261 e. The van der Waals surface area contributed by atoms with Crippen molar-refractivity contribution in [2.24, 2.45) is 5.14 Å². The molecule has 124 valence electrons. The molecule has 0 bridgehead atoms. The molecule has 2 aromatic rings. The summed E-state index contributed by atoms with van der Waals surface area (Å²) in [7, 11) is -6.49. The molecule has 9 heteroatoms. The molecule has 0 unspecified atom stereocenters. The Hall–Kier alpha value is -2.10. The van der Waals surface area contributed by atoms with Crippen molar-refractivity contribution in [3.63, 3.8) is 0 Å². The van der Waals surface area contributed by atoms with Gasteiger partial charge in [-0.1, -0.05) is 17.7 Å². The third-order valence-electron chi connectivity index (χ3n) is 3.05. The smallest absolute Gasteiger partial charge is 0.261 e. The molecule has 0 saturated heterocycles. The molecular formula is C14H16N2O5S2. The number of benzene rings is 2. The lowest BCUT2D eigenvalue weighted by Gasteiger charge is -2.11. The van der Waals surface area contributed by atoms with Crippen LogP contribution in [0.2, 0.25) is 0 Å². The first kappa shape index (κ1) is 17.3. The highest BCUT2D eigenvalue weighted by molar-refractivity contribution is 7.92. The highest BCUT2D eigenvalue weighted by Crippen LogP contribution is 2.27. The predicted octanol–water partition coefficient (Wildman–Crippen LogP) is 1.45. The molecular weight excluding hydrogens is 340 g/mol. The highest BCUT2D eigenvalue weighted by Gasteiger charge is 2.18. The minimum absolute atomic E-state index is 0.0448. The van der Waals surface area contributed by atoms with E-state index in [4.69, 9.17) is 9.88 Å². The number of nitrogens with two attached hydrogens (primary N) is 1. The first-order valence-electron chi connectivity index (χ1n) is 6.44. The van der Waals surface area contributed by atoms with Crippen molar-refractivity contribution < 1.29 is 21.6 Å². The van der Waals surface area contributed by atoms with Gasteiger partial charge in [-0.05, 0) is 31.2 Å². The van der Waals surface area contributed by atoms with E-state index in [2.05, 4.69) is 4.72 Å². The van der Waals surface area contributed by atoms with Gasteiger partial charge in [-0.2, -0.15) is 0 Å². The zero-order valence-corrected chi connectivity index (χ0v) is 14.1. The molecule has 3 N–H and O–H groups in total. The summed E-state index contributed by atoms with van der Waals surface area (Å²) in [5.74, 6) is -0.0448. The second-order valence-corrected chi connectivity index (χ2v) is 8.04. The van der Waals surface area contributed by atoms with Crippen LogP contribution in [-0.2, 0) is 20.0 Å². The molecule has 0 atom stereocenters. The van der Waals surface area contributed by atoms with Crippen LogP contribution in [0.25, 0.3) is 0 Å². The molecule has 23 heavy (non-hydrogen) atoms. The molecule has 0 heterocycles. The standard InChI is InChI=1S/C14H16N2O5S2/c1-10-3-6-12(7-4-10)23(19,20)16-11-5-8-14(22(15,17)18)13(9-11)21-2/h3-9,16H,1-2H3,(H2,15,17,18). The molecule has 0 saturated carbocycles. The summed E-state index contributed by atoms with van der Waals surface area (Å²) in [6.07, 6.45) is 0. The van der Waals surface area contributed by atoms with Gasteiger partial charge in [0, 0.05) is 6.07 Å². The number of hydrogen-bond donors (Lipinski definition) is 2. The van der Waals surface area contributed by atoms with Crippen molar-refractivity contribution in [1.82, 2.24) is 0 Å². The zero-order chi connectivity index (χ0) is 17.3. The molecule has 0 radical (unpaired) electrons. The monoisotopic (exact) mass is 356 g/mol. The zero-order valence-electron chi connectivity index (χ0n) is 12.5. The third-order valence-corrected chi connectivity index (χ3v) is 5.40.